The summed E-state index contributed by atoms with van der Waals surface area (Å²) in [6.45, 7) is 1.80. The number of ether oxygens (including phenoxy) is 1. The molecule has 6 heteroatoms. The average molecular weight is 464 g/mol. The number of hydrogen-bond acceptors (Lipinski definition) is 5. The highest BCUT2D eigenvalue weighted by molar-refractivity contribution is 5.91. The second kappa shape index (κ2) is 12.0. The fourth-order valence-electron chi connectivity index (χ4n) is 5.26. The molecule has 2 aromatic carbocycles. The molecule has 1 aliphatic heterocycles. The third-order valence-corrected chi connectivity index (χ3v) is 7.14. The number of nitrogens with one attached hydrogen (secondary N) is 2. The van der Waals surface area contributed by atoms with E-state index in [0.29, 0.717) is 18.8 Å². The number of benzene rings is 2. The lowest BCUT2D eigenvalue weighted by Crippen LogP contribution is -2.50. The summed E-state index contributed by atoms with van der Waals surface area (Å²) >= 11 is 0. The van der Waals surface area contributed by atoms with Gasteiger partial charge in [0, 0.05) is 36.9 Å². The number of rotatable bonds is 9. The van der Waals surface area contributed by atoms with E-state index in [9.17, 15) is 9.59 Å². The van der Waals surface area contributed by atoms with Gasteiger partial charge in [-0.3, -0.25) is 9.59 Å². The molecule has 6 nitrogen and oxygen atoms in total. The van der Waals surface area contributed by atoms with Crippen molar-refractivity contribution < 1.29 is 14.3 Å². The molecular formula is C28H37N3O3. The molecule has 2 aliphatic rings. The quantitative estimate of drug-likeness (QED) is 0.534. The van der Waals surface area contributed by atoms with E-state index in [-0.39, 0.29) is 24.0 Å². The summed E-state index contributed by atoms with van der Waals surface area (Å²) in [6, 6.07) is 18.1. The summed E-state index contributed by atoms with van der Waals surface area (Å²) in [5, 5.41) is 6.64. The zero-order valence-electron chi connectivity index (χ0n) is 20.2. The third-order valence-electron chi connectivity index (χ3n) is 7.14. The number of hydrogen-bond donors (Lipinski definition) is 2. The van der Waals surface area contributed by atoms with Gasteiger partial charge in [-0.1, -0.05) is 49.2 Å². The Morgan fingerprint density at radius 2 is 1.74 bits per heavy atom. The van der Waals surface area contributed by atoms with Gasteiger partial charge >= 0.3 is 5.97 Å². The zero-order chi connectivity index (χ0) is 23.8. The predicted molar refractivity (Wildman–Crippen MR) is 136 cm³/mol. The molecule has 2 aromatic rings. The predicted octanol–water partition coefficient (Wildman–Crippen LogP) is 4.55. The topological polar surface area (TPSA) is 70.7 Å². The first-order valence-electron chi connectivity index (χ1n) is 12.6. The summed E-state index contributed by atoms with van der Waals surface area (Å²) in [5.74, 6) is 0.456. The summed E-state index contributed by atoms with van der Waals surface area (Å²) in [7, 11) is 1.45. The van der Waals surface area contributed by atoms with E-state index < -0.39 is 0 Å². The second-order valence-electron chi connectivity index (χ2n) is 9.65. The highest BCUT2D eigenvalue weighted by Crippen LogP contribution is 2.28. The number of nitrogens with zero attached hydrogens (tertiary/aromatic N) is 1. The summed E-state index contributed by atoms with van der Waals surface area (Å²) in [5.41, 5.74) is 3.12. The number of carbonyl (C=O) groups is 2. The largest absolute Gasteiger partial charge is 0.468 e. The van der Waals surface area contributed by atoms with Crippen molar-refractivity contribution in [2.24, 2.45) is 5.92 Å². The molecule has 2 N–H and O–H groups in total. The van der Waals surface area contributed by atoms with Crippen LogP contribution >= 0.6 is 0 Å². The van der Waals surface area contributed by atoms with Crippen LogP contribution in [0.3, 0.4) is 0 Å². The van der Waals surface area contributed by atoms with E-state index in [1.165, 1.54) is 32.8 Å². The number of methoxy groups -OCH3 is 1. The number of amides is 1. The van der Waals surface area contributed by atoms with Gasteiger partial charge in [0.1, 0.15) is 6.04 Å². The van der Waals surface area contributed by atoms with Crippen molar-refractivity contribution in [3.63, 3.8) is 0 Å². The molecule has 34 heavy (non-hydrogen) atoms. The summed E-state index contributed by atoms with van der Waals surface area (Å²) in [4.78, 5) is 27.2. The first-order chi connectivity index (χ1) is 16.6. The lowest BCUT2D eigenvalue weighted by Gasteiger charge is -2.35. The van der Waals surface area contributed by atoms with Gasteiger partial charge < -0.3 is 20.3 Å². The van der Waals surface area contributed by atoms with Crippen LogP contribution in [0.25, 0.3) is 0 Å². The Labute approximate surface area is 203 Å². The fourth-order valence-corrected chi connectivity index (χ4v) is 5.26. The molecule has 182 valence electrons. The molecule has 0 aromatic heterocycles. The number of carbonyl (C=O) groups excluding carboxylic acids is 2. The SMILES string of the molecule is COC(=O)[C@H](Cc1ccccc1)NC1CCN(c2cccc(NC(=O)CC3CCCC3)c2)CC1. The minimum atomic E-state index is -0.345. The number of esters is 1. The van der Waals surface area contributed by atoms with E-state index >= 15 is 0 Å². The van der Waals surface area contributed by atoms with Gasteiger partial charge in [-0.2, -0.15) is 0 Å². The molecular weight excluding hydrogens is 426 g/mol. The van der Waals surface area contributed by atoms with Gasteiger partial charge in [0.25, 0.3) is 0 Å². The van der Waals surface area contributed by atoms with Gasteiger partial charge in [0.2, 0.25) is 5.91 Å². The maximum atomic E-state index is 12.4. The molecule has 0 unspecified atom stereocenters. The van der Waals surface area contributed by atoms with Gasteiger partial charge in [-0.15, -0.1) is 0 Å². The van der Waals surface area contributed by atoms with Crippen LogP contribution in [-0.2, 0) is 20.7 Å². The molecule has 2 fully saturated rings. The van der Waals surface area contributed by atoms with E-state index in [0.717, 1.165) is 42.9 Å². The minimum absolute atomic E-state index is 0.124. The number of anilines is 2. The van der Waals surface area contributed by atoms with Crippen molar-refractivity contribution in [2.75, 3.05) is 30.4 Å². The molecule has 0 bridgehead atoms. The highest BCUT2D eigenvalue weighted by atomic mass is 16.5. The highest BCUT2D eigenvalue weighted by Gasteiger charge is 2.26. The monoisotopic (exact) mass is 463 g/mol. The Balaban J connectivity index is 1.29. The summed E-state index contributed by atoms with van der Waals surface area (Å²) in [6.07, 6.45) is 8.01. The normalized spacial score (nSPS) is 18.0. The van der Waals surface area contributed by atoms with Crippen LogP contribution in [-0.4, -0.2) is 44.2 Å². The van der Waals surface area contributed by atoms with Crippen molar-refractivity contribution in [1.82, 2.24) is 5.32 Å². The Hall–Kier alpha value is -2.86. The van der Waals surface area contributed by atoms with Crippen LogP contribution in [0.5, 0.6) is 0 Å². The Morgan fingerprint density at radius 3 is 2.44 bits per heavy atom. The second-order valence-corrected chi connectivity index (χ2v) is 9.65. The molecule has 1 aliphatic carbocycles. The van der Waals surface area contributed by atoms with E-state index in [2.05, 4.69) is 27.7 Å². The standard InChI is InChI=1S/C28H37N3O3/c1-34-28(33)26(18-21-8-3-2-4-9-21)29-23-14-16-31(17-15-23)25-13-7-12-24(20-25)30-27(32)19-22-10-5-6-11-22/h2-4,7-9,12-13,20,22-23,26,29H,5-6,10-11,14-19H2,1H3,(H,30,32)/t26-/m0/s1. The van der Waals surface area contributed by atoms with Gasteiger partial charge in [-0.25, -0.2) is 0 Å². The van der Waals surface area contributed by atoms with Gasteiger partial charge in [0.15, 0.2) is 0 Å². The molecule has 4 rings (SSSR count). The molecule has 0 radical (unpaired) electrons. The molecule has 1 saturated heterocycles. The first-order valence-corrected chi connectivity index (χ1v) is 12.6. The first kappa shape index (κ1) is 24.3. The van der Waals surface area contributed by atoms with E-state index in [1.807, 2.05) is 42.5 Å². The van der Waals surface area contributed by atoms with Crippen LogP contribution in [0.15, 0.2) is 54.6 Å². The van der Waals surface area contributed by atoms with Crippen LogP contribution in [0.2, 0.25) is 0 Å². The molecule has 0 spiro atoms. The van der Waals surface area contributed by atoms with E-state index in [4.69, 9.17) is 4.74 Å². The van der Waals surface area contributed by atoms with Crippen molar-refractivity contribution in [1.29, 1.82) is 0 Å². The van der Waals surface area contributed by atoms with Gasteiger partial charge in [0.05, 0.1) is 7.11 Å². The lowest BCUT2D eigenvalue weighted by atomic mass is 10.00. The van der Waals surface area contributed by atoms with E-state index in [1.54, 1.807) is 0 Å². The van der Waals surface area contributed by atoms with Crippen LogP contribution in [0, 0.1) is 5.92 Å². The Kier molecular flexibility index (Phi) is 8.58. The van der Waals surface area contributed by atoms with Crippen LogP contribution < -0.4 is 15.5 Å². The fraction of sp³-hybridized carbons (Fsp3) is 0.500. The lowest BCUT2D eigenvalue weighted by molar-refractivity contribution is -0.143. The third kappa shape index (κ3) is 6.83. The molecule has 1 saturated carbocycles. The average Bonchev–Trinajstić information content (AvgIpc) is 3.37. The Morgan fingerprint density at radius 1 is 1.00 bits per heavy atom. The molecule has 1 atom stereocenters. The van der Waals surface area contributed by atoms with Crippen LogP contribution in [0.4, 0.5) is 11.4 Å². The number of piperidine rings is 1. The maximum absolute atomic E-state index is 12.4. The zero-order valence-corrected chi connectivity index (χ0v) is 20.2. The van der Waals surface area contributed by atoms with Gasteiger partial charge in [-0.05, 0) is 61.8 Å². The smallest absolute Gasteiger partial charge is 0.323 e. The van der Waals surface area contributed by atoms with Crippen molar-refractivity contribution in [3.05, 3.63) is 60.2 Å². The van der Waals surface area contributed by atoms with Crippen LogP contribution in [0.1, 0.15) is 50.5 Å². The summed E-state index contributed by atoms with van der Waals surface area (Å²) < 4.78 is 5.06. The molecule has 1 amide bonds. The molecule has 1 heterocycles. The maximum Gasteiger partial charge on any atom is 0.323 e. The van der Waals surface area contributed by atoms with Crippen molar-refractivity contribution >= 4 is 23.3 Å². The van der Waals surface area contributed by atoms with Crippen molar-refractivity contribution in [3.8, 4) is 0 Å². The minimum Gasteiger partial charge on any atom is -0.468 e. The van der Waals surface area contributed by atoms with Crippen molar-refractivity contribution in [2.45, 2.75) is 63.5 Å². The Bertz CT molecular complexity index is 935.